The number of H-pyrrole nitrogens is 1. The molecule has 0 atom stereocenters. The zero-order chi connectivity index (χ0) is 15.6. The molecule has 0 fully saturated rings. The van der Waals surface area contributed by atoms with Crippen LogP contribution in [0, 0.1) is 0 Å². The molecule has 3 aromatic carbocycles. The van der Waals surface area contributed by atoms with E-state index in [1.807, 2.05) is 36.4 Å². The Morgan fingerprint density at radius 1 is 0.957 bits per heavy atom. The topological polar surface area (TPSA) is 57.8 Å². The van der Waals surface area contributed by atoms with Crippen LogP contribution in [0.15, 0.2) is 66.9 Å². The van der Waals surface area contributed by atoms with Crippen molar-refractivity contribution in [2.75, 3.05) is 5.32 Å². The third-order valence-electron chi connectivity index (χ3n) is 3.90. The van der Waals surface area contributed by atoms with E-state index in [9.17, 15) is 4.79 Å². The number of fused-ring (bicyclic) bond motifs is 2. The number of carbonyl (C=O) groups is 1. The number of rotatable bonds is 3. The summed E-state index contributed by atoms with van der Waals surface area (Å²) >= 11 is 0. The zero-order valence-corrected chi connectivity index (χ0v) is 12.4. The molecule has 0 saturated heterocycles. The van der Waals surface area contributed by atoms with E-state index in [-0.39, 0.29) is 5.91 Å². The molecule has 0 radical (unpaired) electrons. The number of benzene rings is 3. The Bertz CT molecular complexity index is 1000. The summed E-state index contributed by atoms with van der Waals surface area (Å²) in [5.41, 5.74) is 2.74. The van der Waals surface area contributed by atoms with Crippen molar-refractivity contribution in [1.82, 2.24) is 10.2 Å². The lowest BCUT2D eigenvalue weighted by atomic mass is 10.0. The summed E-state index contributed by atoms with van der Waals surface area (Å²) in [6.07, 6.45) is 2.10. The van der Waals surface area contributed by atoms with E-state index in [0.29, 0.717) is 6.42 Å². The Hall–Kier alpha value is -3.14. The van der Waals surface area contributed by atoms with Crippen LogP contribution in [0.2, 0.25) is 0 Å². The number of nitrogens with one attached hydrogen (secondary N) is 2. The monoisotopic (exact) mass is 301 g/mol. The van der Waals surface area contributed by atoms with Crippen LogP contribution in [-0.4, -0.2) is 16.1 Å². The van der Waals surface area contributed by atoms with Crippen LogP contribution >= 0.6 is 0 Å². The highest BCUT2D eigenvalue weighted by Gasteiger charge is 2.06. The molecule has 4 aromatic rings. The highest BCUT2D eigenvalue weighted by molar-refractivity contribution is 5.95. The summed E-state index contributed by atoms with van der Waals surface area (Å²) in [7, 11) is 0. The van der Waals surface area contributed by atoms with E-state index < -0.39 is 0 Å². The van der Waals surface area contributed by atoms with Crippen molar-refractivity contribution in [2.24, 2.45) is 0 Å². The number of anilines is 1. The van der Waals surface area contributed by atoms with E-state index in [4.69, 9.17) is 0 Å². The molecule has 0 spiro atoms. The van der Waals surface area contributed by atoms with Gasteiger partial charge in [0.05, 0.1) is 18.1 Å². The molecule has 0 aliphatic rings. The summed E-state index contributed by atoms with van der Waals surface area (Å²) in [6, 6.07) is 20.0. The molecule has 4 heteroatoms. The van der Waals surface area contributed by atoms with Crippen LogP contribution in [0.3, 0.4) is 0 Å². The molecule has 0 aliphatic heterocycles. The first kappa shape index (κ1) is 13.5. The van der Waals surface area contributed by atoms with Gasteiger partial charge < -0.3 is 5.32 Å². The van der Waals surface area contributed by atoms with Gasteiger partial charge in [0, 0.05) is 11.1 Å². The number of hydrogen-bond donors (Lipinski definition) is 2. The first-order valence-electron chi connectivity index (χ1n) is 7.49. The van der Waals surface area contributed by atoms with Crippen LogP contribution < -0.4 is 5.32 Å². The van der Waals surface area contributed by atoms with Crippen molar-refractivity contribution < 1.29 is 4.79 Å². The van der Waals surface area contributed by atoms with Gasteiger partial charge in [0.15, 0.2) is 0 Å². The molecule has 0 unspecified atom stereocenters. The molecule has 0 saturated carbocycles. The molecular weight excluding hydrogens is 286 g/mol. The van der Waals surface area contributed by atoms with Gasteiger partial charge in [-0.3, -0.25) is 9.89 Å². The van der Waals surface area contributed by atoms with Crippen LogP contribution in [0.4, 0.5) is 5.69 Å². The minimum absolute atomic E-state index is 0.0249. The Morgan fingerprint density at radius 3 is 2.74 bits per heavy atom. The van der Waals surface area contributed by atoms with Gasteiger partial charge >= 0.3 is 0 Å². The van der Waals surface area contributed by atoms with E-state index >= 15 is 0 Å². The second-order valence-corrected chi connectivity index (χ2v) is 5.58. The molecule has 1 aromatic heterocycles. The maximum atomic E-state index is 12.3. The third-order valence-corrected chi connectivity index (χ3v) is 3.90. The van der Waals surface area contributed by atoms with Gasteiger partial charge in [-0.2, -0.15) is 5.10 Å². The average Bonchev–Trinajstić information content (AvgIpc) is 3.02. The Labute approximate surface area is 133 Å². The first-order valence-corrected chi connectivity index (χ1v) is 7.49. The van der Waals surface area contributed by atoms with Gasteiger partial charge in [-0.1, -0.05) is 42.5 Å². The van der Waals surface area contributed by atoms with Crippen molar-refractivity contribution >= 4 is 33.3 Å². The van der Waals surface area contributed by atoms with Gasteiger partial charge in [-0.15, -0.1) is 0 Å². The fourth-order valence-corrected chi connectivity index (χ4v) is 2.76. The van der Waals surface area contributed by atoms with Crippen LogP contribution in [-0.2, 0) is 11.2 Å². The molecule has 4 nitrogen and oxygen atoms in total. The number of carbonyl (C=O) groups excluding carboxylic acids is 1. The molecule has 1 heterocycles. The van der Waals surface area contributed by atoms with E-state index in [0.717, 1.165) is 27.5 Å². The summed E-state index contributed by atoms with van der Waals surface area (Å²) in [5, 5.41) is 13.1. The molecule has 2 N–H and O–H groups in total. The second-order valence-electron chi connectivity index (χ2n) is 5.58. The normalized spacial score (nSPS) is 11.0. The van der Waals surface area contributed by atoms with Gasteiger partial charge in [-0.05, 0) is 34.5 Å². The van der Waals surface area contributed by atoms with Crippen molar-refractivity contribution in [1.29, 1.82) is 0 Å². The summed E-state index contributed by atoms with van der Waals surface area (Å²) in [6.45, 7) is 0. The lowest BCUT2D eigenvalue weighted by molar-refractivity contribution is -0.115. The molecule has 112 valence electrons. The molecule has 0 aliphatic carbocycles. The third kappa shape index (κ3) is 2.79. The summed E-state index contributed by atoms with van der Waals surface area (Å²) < 4.78 is 0. The highest BCUT2D eigenvalue weighted by atomic mass is 16.1. The lowest BCUT2D eigenvalue weighted by Gasteiger charge is -2.06. The quantitative estimate of drug-likeness (QED) is 0.603. The molecule has 1 amide bonds. The fourth-order valence-electron chi connectivity index (χ4n) is 2.76. The predicted octanol–water partition coefficient (Wildman–Crippen LogP) is 3.90. The minimum atomic E-state index is -0.0249. The smallest absolute Gasteiger partial charge is 0.228 e. The van der Waals surface area contributed by atoms with Crippen molar-refractivity contribution in [3.63, 3.8) is 0 Å². The number of aromatic nitrogens is 2. The zero-order valence-electron chi connectivity index (χ0n) is 12.4. The van der Waals surface area contributed by atoms with Gasteiger partial charge in [0.25, 0.3) is 0 Å². The van der Waals surface area contributed by atoms with Gasteiger partial charge in [-0.25, -0.2) is 0 Å². The molecular formula is C19H15N3O. The second kappa shape index (κ2) is 5.57. The predicted molar refractivity (Wildman–Crippen MR) is 92.4 cm³/mol. The molecule has 23 heavy (non-hydrogen) atoms. The van der Waals surface area contributed by atoms with Crippen molar-refractivity contribution in [3.8, 4) is 0 Å². The Balaban J connectivity index is 1.51. The number of amides is 1. The largest absolute Gasteiger partial charge is 0.326 e. The van der Waals surface area contributed by atoms with Gasteiger partial charge in [0.1, 0.15) is 0 Å². The lowest BCUT2D eigenvalue weighted by Crippen LogP contribution is -2.14. The number of nitrogens with zero attached hydrogens (tertiary/aromatic N) is 1. The summed E-state index contributed by atoms with van der Waals surface area (Å²) in [5.74, 6) is -0.0249. The Morgan fingerprint density at radius 2 is 1.83 bits per heavy atom. The average molecular weight is 301 g/mol. The van der Waals surface area contributed by atoms with E-state index in [1.54, 1.807) is 6.20 Å². The summed E-state index contributed by atoms with van der Waals surface area (Å²) in [4.78, 5) is 12.3. The first-order chi connectivity index (χ1) is 11.3. The van der Waals surface area contributed by atoms with Crippen molar-refractivity contribution in [2.45, 2.75) is 6.42 Å². The van der Waals surface area contributed by atoms with E-state index in [1.165, 1.54) is 5.39 Å². The van der Waals surface area contributed by atoms with Crippen LogP contribution in [0.5, 0.6) is 0 Å². The minimum Gasteiger partial charge on any atom is -0.326 e. The number of aromatic amines is 1. The number of hydrogen-bond acceptors (Lipinski definition) is 2. The Kier molecular flexibility index (Phi) is 3.27. The standard InChI is InChI=1S/C19H15N3O/c23-19(21-17-7-8-18-16(11-17)12-20-22-18)10-13-5-6-14-3-1-2-4-15(14)9-13/h1-9,11-12H,10H2,(H,20,22)(H,21,23). The fraction of sp³-hybridized carbons (Fsp3) is 0.0526. The van der Waals surface area contributed by atoms with Crippen LogP contribution in [0.25, 0.3) is 21.7 Å². The maximum absolute atomic E-state index is 12.3. The highest BCUT2D eigenvalue weighted by Crippen LogP contribution is 2.18. The maximum Gasteiger partial charge on any atom is 0.228 e. The van der Waals surface area contributed by atoms with Crippen LogP contribution in [0.1, 0.15) is 5.56 Å². The molecule has 0 bridgehead atoms. The van der Waals surface area contributed by atoms with Gasteiger partial charge in [0.2, 0.25) is 5.91 Å². The van der Waals surface area contributed by atoms with E-state index in [2.05, 4.69) is 39.8 Å². The SMILES string of the molecule is O=C(Cc1ccc2ccccc2c1)Nc1ccc2[nH]ncc2c1. The molecule has 4 rings (SSSR count). The van der Waals surface area contributed by atoms with Crippen molar-refractivity contribution in [3.05, 3.63) is 72.4 Å².